The second-order valence-electron chi connectivity index (χ2n) is 3.72. The minimum atomic E-state index is -0.959. The molecule has 0 saturated heterocycles. The van der Waals surface area contributed by atoms with Crippen molar-refractivity contribution in [3.05, 3.63) is 31.2 Å². The molecule has 0 rings (SSSR count). The van der Waals surface area contributed by atoms with Gasteiger partial charge in [-0.2, -0.15) is 0 Å². The van der Waals surface area contributed by atoms with Crippen LogP contribution >= 0.6 is 0 Å². The van der Waals surface area contributed by atoms with Gasteiger partial charge in [0.25, 0.3) is 0 Å². The summed E-state index contributed by atoms with van der Waals surface area (Å²) in [6, 6.07) is 0. The van der Waals surface area contributed by atoms with Crippen LogP contribution in [0.25, 0.3) is 0 Å². The highest BCUT2D eigenvalue weighted by Gasteiger charge is 2.17. The molecule has 0 aromatic carbocycles. The molecule has 1 atom stereocenters. The van der Waals surface area contributed by atoms with E-state index in [9.17, 15) is 9.59 Å². The van der Waals surface area contributed by atoms with Gasteiger partial charge in [-0.1, -0.05) is 20.1 Å². The lowest BCUT2D eigenvalue weighted by molar-refractivity contribution is -0.189. The van der Waals surface area contributed by atoms with Crippen molar-refractivity contribution in [2.24, 2.45) is 0 Å². The molecule has 0 heterocycles. The Hall–Kier alpha value is -1.62. The summed E-state index contributed by atoms with van der Waals surface area (Å²) in [7, 11) is 0. The summed E-state index contributed by atoms with van der Waals surface area (Å²) in [6.45, 7) is 13.6. The number of rotatable bonds is 8. The van der Waals surface area contributed by atoms with Crippen LogP contribution in [0.5, 0.6) is 0 Å². The van der Waals surface area contributed by atoms with E-state index in [4.69, 9.17) is 14.2 Å². The summed E-state index contributed by atoms with van der Waals surface area (Å²) in [5.41, 5.74) is 0.501. The van der Waals surface area contributed by atoms with E-state index in [1.54, 1.807) is 0 Å². The number of hydrogen-bond donors (Lipinski definition) is 0. The number of carbonyl (C=O) groups is 2. The van der Waals surface area contributed by atoms with Crippen molar-refractivity contribution in [3.8, 4) is 0 Å². The van der Waals surface area contributed by atoms with Crippen LogP contribution in [0.2, 0.25) is 0 Å². The molecular formula is C13H19O5. The summed E-state index contributed by atoms with van der Waals surface area (Å²) in [5.74, 6) is -1.17. The zero-order chi connectivity index (χ0) is 14.1. The Morgan fingerprint density at radius 1 is 1.11 bits per heavy atom. The molecule has 0 bridgehead atoms. The molecule has 5 nitrogen and oxygen atoms in total. The van der Waals surface area contributed by atoms with Crippen LogP contribution in [0.4, 0.5) is 0 Å². The highest BCUT2D eigenvalue weighted by atomic mass is 16.7. The maximum Gasteiger partial charge on any atom is 0.335 e. The summed E-state index contributed by atoms with van der Waals surface area (Å²) < 4.78 is 15.0. The van der Waals surface area contributed by atoms with Gasteiger partial charge in [0.05, 0.1) is 6.61 Å². The molecule has 0 aromatic heterocycles. The minimum Gasteiger partial charge on any atom is -0.456 e. The number of carbonyl (C=O) groups excluding carboxylic acids is 2. The lowest BCUT2D eigenvalue weighted by Gasteiger charge is -2.18. The smallest absolute Gasteiger partial charge is 0.335 e. The van der Waals surface area contributed by atoms with Gasteiger partial charge in [-0.05, 0) is 20.3 Å². The maximum atomic E-state index is 11.3. The Kier molecular flexibility index (Phi) is 7.71. The van der Waals surface area contributed by atoms with Crippen LogP contribution in [-0.2, 0) is 23.8 Å². The van der Waals surface area contributed by atoms with Crippen LogP contribution in [0.1, 0.15) is 20.3 Å². The van der Waals surface area contributed by atoms with Crippen molar-refractivity contribution in [1.29, 1.82) is 0 Å². The molecule has 5 heteroatoms. The molecule has 0 amide bonds. The quantitative estimate of drug-likeness (QED) is 0.376. The lowest BCUT2D eigenvalue weighted by atomic mass is 10.3. The number of ether oxygens (including phenoxy) is 3. The van der Waals surface area contributed by atoms with Gasteiger partial charge in [0, 0.05) is 11.1 Å². The van der Waals surface area contributed by atoms with Gasteiger partial charge in [-0.25, -0.2) is 9.59 Å². The molecule has 101 valence electrons. The standard InChI is InChI=1S/C13H19O5/c1-6-7-16-11(18-13(15)10(4)5)8-17-12(14)9(2)3/h11H,1-2,4,6-8H2,3,5H3. The molecule has 18 heavy (non-hydrogen) atoms. The molecule has 0 aliphatic heterocycles. The normalized spacial score (nSPS) is 11.5. The van der Waals surface area contributed by atoms with Gasteiger partial charge >= 0.3 is 11.9 Å². The second-order valence-corrected chi connectivity index (χ2v) is 3.72. The Morgan fingerprint density at radius 2 is 1.67 bits per heavy atom. The summed E-state index contributed by atoms with van der Waals surface area (Å²) in [6.07, 6.45) is -0.450. The Balaban J connectivity index is 4.30. The fourth-order valence-electron chi connectivity index (χ4n) is 0.818. The fourth-order valence-corrected chi connectivity index (χ4v) is 0.818. The average Bonchev–Trinajstić information content (AvgIpc) is 2.31. The first-order valence-electron chi connectivity index (χ1n) is 5.48. The predicted octanol–water partition coefficient (Wildman–Crippen LogP) is 1.79. The monoisotopic (exact) mass is 255 g/mol. The molecule has 0 aliphatic carbocycles. The van der Waals surface area contributed by atoms with E-state index in [0.29, 0.717) is 13.0 Å². The molecular weight excluding hydrogens is 236 g/mol. The predicted molar refractivity (Wildman–Crippen MR) is 66.4 cm³/mol. The van der Waals surface area contributed by atoms with Crippen molar-refractivity contribution >= 4 is 11.9 Å². The van der Waals surface area contributed by atoms with Crippen molar-refractivity contribution < 1.29 is 23.8 Å². The third-order valence-corrected chi connectivity index (χ3v) is 1.73. The van der Waals surface area contributed by atoms with Crippen LogP contribution in [0.3, 0.4) is 0 Å². The molecule has 0 aromatic rings. The lowest BCUT2D eigenvalue weighted by Crippen LogP contribution is -2.28. The van der Waals surface area contributed by atoms with Gasteiger partial charge in [0.15, 0.2) is 6.61 Å². The van der Waals surface area contributed by atoms with Gasteiger partial charge in [-0.15, -0.1) is 0 Å². The Bertz CT molecular complexity index is 332. The molecule has 1 radical (unpaired) electrons. The largest absolute Gasteiger partial charge is 0.456 e. The SMILES string of the molecule is [CH2]CCOC(COC(=O)C(=C)C)OC(=O)C(=C)C. The second kappa shape index (κ2) is 8.47. The van der Waals surface area contributed by atoms with Gasteiger partial charge < -0.3 is 14.2 Å². The zero-order valence-corrected chi connectivity index (χ0v) is 10.9. The number of hydrogen-bond acceptors (Lipinski definition) is 5. The molecule has 0 spiro atoms. The third-order valence-electron chi connectivity index (χ3n) is 1.73. The number of esters is 2. The fraction of sp³-hybridized carbons (Fsp3) is 0.462. The van der Waals surface area contributed by atoms with Crippen molar-refractivity contribution in [2.75, 3.05) is 13.2 Å². The molecule has 0 fully saturated rings. The molecule has 1 unspecified atom stereocenters. The van der Waals surface area contributed by atoms with E-state index in [1.807, 2.05) is 0 Å². The zero-order valence-electron chi connectivity index (χ0n) is 10.9. The van der Waals surface area contributed by atoms with E-state index in [0.717, 1.165) is 0 Å². The van der Waals surface area contributed by atoms with Crippen molar-refractivity contribution in [1.82, 2.24) is 0 Å². The molecule has 0 aliphatic rings. The summed E-state index contributed by atoms with van der Waals surface area (Å²) in [4.78, 5) is 22.5. The van der Waals surface area contributed by atoms with E-state index in [1.165, 1.54) is 13.8 Å². The first-order valence-corrected chi connectivity index (χ1v) is 5.48. The maximum absolute atomic E-state index is 11.3. The first-order chi connectivity index (χ1) is 8.38. The van der Waals surface area contributed by atoms with Crippen molar-refractivity contribution in [2.45, 2.75) is 26.6 Å². The topological polar surface area (TPSA) is 61.8 Å². The van der Waals surface area contributed by atoms with E-state index in [2.05, 4.69) is 20.1 Å². The molecule has 0 saturated carbocycles. The summed E-state index contributed by atoms with van der Waals surface area (Å²) in [5, 5.41) is 0. The van der Waals surface area contributed by atoms with E-state index in [-0.39, 0.29) is 17.8 Å². The van der Waals surface area contributed by atoms with Crippen LogP contribution in [-0.4, -0.2) is 31.4 Å². The average molecular weight is 255 g/mol. The Morgan fingerprint density at radius 3 is 2.11 bits per heavy atom. The van der Waals surface area contributed by atoms with Gasteiger partial charge in [0.1, 0.15) is 0 Å². The van der Waals surface area contributed by atoms with Gasteiger partial charge in [-0.3, -0.25) is 0 Å². The molecule has 0 N–H and O–H groups in total. The highest BCUT2D eigenvalue weighted by Crippen LogP contribution is 2.04. The highest BCUT2D eigenvalue weighted by molar-refractivity contribution is 5.87. The Labute approximate surface area is 107 Å². The summed E-state index contributed by atoms with van der Waals surface area (Å²) >= 11 is 0. The first kappa shape index (κ1) is 16.4. The van der Waals surface area contributed by atoms with Gasteiger partial charge in [0.2, 0.25) is 6.29 Å². The minimum absolute atomic E-state index is 0.190. The van der Waals surface area contributed by atoms with E-state index >= 15 is 0 Å². The van der Waals surface area contributed by atoms with Crippen LogP contribution in [0.15, 0.2) is 24.3 Å². The van der Waals surface area contributed by atoms with Crippen LogP contribution in [0, 0.1) is 6.92 Å². The van der Waals surface area contributed by atoms with Crippen LogP contribution < -0.4 is 0 Å². The third kappa shape index (κ3) is 6.85. The van der Waals surface area contributed by atoms with E-state index < -0.39 is 18.2 Å². The van der Waals surface area contributed by atoms with Crippen molar-refractivity contribution in [3.63, 3.8) is 0 Å².